The Morgan fingerprint density at radius 1 is 1.29 bits per heavy atom. The Bertz CT molecular complexity index is 591. The van der Waals surface area contributed by atoms with Crippen molar-refractivity contribution in [1.82, 2.24) is 5.32 Å². The summed E-state index contributed by atoms with van der Waals surface area (Å²) < 4.78 is 34.1. The van der Waals surface area contributed by atoms with Crippen molar-refractivity contribution in [2.75, 3.05) is 19.0 Å². The van der Waals surface area contributed by atoms with E-state index in [-0.39, 0.29) is 17.5 Å². The maximum absolute atomic E-state index is 12.4. The number of halogens is 2. The Balaban J connectivity index is 1.85. The first-order valence-corrected chi connectivity index (χ1v) is 7.94. The predicted octanol–water partition coefficient (Wildman–Crippen LogP) is 4.31. The molecular formula is C17H22F2N2O3. The number of hydrogen-bond donors (Lipinski definition) is 2. The Morgan fingerprint density at radius 3 is 2.79 bits per heavy atom. The SMILES string of the molecule is COc1ccc(NC(=O)NCCC2=CCCCC2)cc1OC(F)F. The molecule has 0 radical (unpaired) electrons. The van der Waals surface area contributed by atoms with Crippen molar-refractivity contribution >= 4 is 11.7 Å². The molecule has 0 aliphatic heterocycles. The van der Waals surface area contributed by atoms with E-state index in [9.17, 15) is 13.6 Å². The van der Waals surface area contributed by atoms with Crippen molar-refractivity contribution in [3.8, 4) is 11.5 Å². The minimum atomic E-state index is -2.97. The second-order valence-electron chi connectivity index (χ2n) is 5.48. The third-order valence-electron chi connectivity index (χ3n) is 3.75. The number of urea groups is 1. The molecule has 0 bridgehead atoms. The van der Waals surface area contributed by atoms with Crippen LogP contribution in [-0.4, -0.2) is 26.3 Å². The molecule has 5 nitrogen and oxygen atoms in total. The van der Waals surface area contributed by atoms with Gasteiger partial charge in [-0.15, -0.1) is 0 Å². The van der Waals surface area contributed by atoms with E-state index in [0.29, 0.717) is 12.2 Å². The summed E-state index contributed by atoms with van der Waals surface area (Å²) in [6.07, 6.45) is 7.71. The van der Waals surface area contributed by atoms with Gasteiger partial charge in [0, 0.05) is 18.3 Å². The number of amides is 2. The predicted molar refractivity (Wildman–Crippen MR) is 87.8 cm³/mol. The third kappa shape index (κ3) is 5.72. The minimum absolute atomic E-state index is 0.127. The lowest BCUT2D eigenvalue weighted by Gasteiger charge is -2.14. The molecule has 0 saturated heterocycles. The summed E-state index contributed by atoms with van der Waals surface area (Å²) >= 11 is 0. The average molecular weight is 340 g/mol. The van der Waals surface area contributed by atoms with E-state index in [1.165, 1.54) is 37.7 Å². The molecular weight excluding hydrogens is 318 g/mol. The maximum Gasteiger partial charge on any atom is 0.387 e. The second-order valence-corrected chi connectivity index (χ2v) is 5.48. The van der Waals surface area contributed by atoms with Gasteiger partial charge < -0.3 is 20.1 Å². The first-order valence-electron chi connectivity index (χ1n) is 7.94. The zero-order valence-corrected chi connectivity index (χ0v) is 13.6. The lowest BCUT2D eigenvalue weighted by molar-refractivity contribution is -0.0511. The van der Waals surface area contributed by atoms with Crippen molar-refractivity contribution < 1.29 is 23.0 Å². The number of alkyl halides is 2. The van der Waals surface area contributed by atoms with Gasteiger partial charge in [-0.25, -0.2) is 4.79 Å². The number of nitrogens with one attached hydrogen (secondary N) is 2. The second kappa shape index (κ2) is 9.10. The van der Waals surface area contributed by atoms with Crippen LogP contribution in [0.25, 0.3) is 0 Å². The summed E-state index contributed by atoms with van der Waals surface area (Å²) in [7, 11) is 1.35. The van der Waals surface area contributed by atoms with E-state index in [1.54, 1.807) is 6.07 Å². The highest BCUT2D eigenvalue weighted by Gasteiger charge is 2.12. The standard InChI is InChI=1S/C17H22F2N2O3/c1-23-14-8-7-13(11-15(14)24-16(18)19)21-17(22)20-10-9-12-5-3-2-4-6-12/h5,7-8,11,16H,2-4,6,9-10H2,1H3,(H2,20,21,22). The van der Waals surface area contributed by atoms with Gasteiger partial charge in [-0.05, 0) is 44.2 Å². The number of carbonyl (C=O) groups excluding carboxylic acids is 1. The van der Waals surface area contributed by atoms with Crippen LogP contribution in [0.15, 0.2) is 29.8 Å². The van der Waals surface area contributed by atoms with Gasteiger partial charge in [0.15, 0.2) is 11.5 Å². The summed E-state index contributed by atoms with van der Waals surface area (Å²) in [6.45, 7) is -2.43. The quantitative estimate of drug-likeness (QED) is 0.727. The Kier molecular flexibility index (Phi) is 6.84. The van der Waals surface area contributed by atoms with Crippen LogP contribution in [0.2, 0.25) is 0 Å². The van der Waals surface area contributed by atoms with Crippen LogP contribution in [0.4, 0.5) is 19.3 Å². The number of benzene rings is 1. The molecule has 0 saturated carbocycles. The Morgan fingerprint density at radius 2 is 2.12 bits per heavy atom. The normalized spacial score (nSPS) is 14.1. The number of anilines is 1. The van der Waals surface area contributed by atoms with E-state index in [4.69, 9.17) is 4.74 Å². The average Bonchev–Trinajstić information content (AvgIpc) is 2.55. The fraction of sp³-hybridized carbons (Fsp3) is 0.471. The van der Waals surface area contributed by atoms with Crippen LogP contribution in [0.5, 0.6) is 11.5 Å². The van der Waals surface area contributed by atoms with E-state index >= 15 is 0 Å². The summed E-state index contributed by atoms with van der Waals surface area (Å²) in [5, 5.41) is 5.35. The van der Waals surface area contributed by atoms with Crippen molar-refractivity contribution in [2.24, 2.45) is 0 Å². The molecule has 2 amide bonds. The molecule has 132 valence electrons. The molecule has 1 aliphatic rings. The topological polar surface area (TPSA) is 59.6 Å². The first-order chi connectivity index (χ1) is 11.6. The van der Waals surface area contributed by atoms with E-state index in [0.717, 1.165) is 19.3 Å². The molecule has 0 spiro atoms. The third-order valence-corrected chi connectivity index (χ3v) is 3.75. The van der Waals surface area contributed by atoms with Crippen molar-refractivity contribution in [3.63, 3.8) is 0 Å². The number of allylic oxidation sites excluding steroid dienone is 1. The Labute approximate surface area is 140 Å². The van der Waals surface area contributed by atoms with E-state index < -0.39 is 6.61 Å². The lowest BCUT2D eigenvalue weighted by Crippen LogP contribution is -2.29. The van der Waals surface area contributed by atoms with Crippen LogP contribution < -0.4 is 20.1 Å². The van der Waals surface area contributed by atoms with Crippen molar-refractivity contribution in [2.45, 2.75) is 38.7 Å². The fourth-order valence-corrected chi connectivity index (χ4v) is 2.59. The largest absolute Gasteiger partial charge is 0.493 e. The van der Waals surface area contributed by atoms with Gasteiger partial charge in [0.05, 0.1) is 7.11 Å². The molecule has 1 aromatic carbocycles. The number of hydrogen-bond acceptors (Lipinski definition) is 3. The van der Waals surface area contributed by atoms with Crippen molar-refractivity contribution in [1.29, 1.82) is 0 Å². The van der Waals surface area contributed by atoms with Crippen LogP contribution in [0, 0.1) is 0 Å². The first kappa shape index (κ1) is 18.0. The van der Waals surface area contributed by atoms with Gasteiger partial charge in [0.1, 0.15) is 0 Å². The molecule has 0 fully saturated rings. The molecule has 0 aromatic heterocycles. The summed E-state index contributed by atoms with van der Waals surface area (Å²) in [4.78, 5) is 11.9. The highest BCUT2D eigenvalue weighted by Crippen LogP contribution is 2.31. The summed E-state index contributed by atoms with van der Waals surface area (Å²) in [5.41, 5.74) is 1.72. The van der Waals surface area contributed by atoms with Gasteiger partial charge in [0.2, 0.25) is 0 Å². The van der Waals surface area contributed by atoms with Gasteiger partial charge in [-0.3, -0.25) is 0 Å². The van der Waals surface area contributed by atoms with Crippen LogP contribution in [0.1, 0.15) is 32.1 Å². The fourth-order valence-electron chi connectivity index (χ4n) is 2.59. The van der Waals surface area contributed by atoms with Crippen molar-refractivity contribution in [3.05, 3.63) is 29.8 Å². The molecule has 1 aliphatic carbocycles. The molecule has 0 unspecified atom stereocenters. The van der Waals surface area contributed by atoms with Gasteiger partial charge in [-0.2, -0.15) is 8.78 Å². The molecule has 24 heavy (non-hydrogen) atoms. The molecule has 1 aromatic rings. The zero-order valence-electron chi connectivity index (χ0n) is 13.6. The summed E-state index contributed by atoms with van der Waals surface area (Å²) in [6, 6.07) is 3.93. The number of methoxy groups -OCH3 is 1. The Hall–Kier alpha value is -2.31. The van der Waals surface area contributed by atoms with Gasteiger partial charge in [0.25, 0.3) is 0 Å². The molecule has 7 heteroatoms. The van der Waals surface area contributed by atoms with Crippen LogP contribution in [0.3, 0.4) is 0 Å². The monoisotopic (exact) mass is 340 g/mol. The molecule has 2 rings (SSSR count). The highest BCUT2D eigenvalue weighted by atomic mass is 19.3. The number of ether oxygens (including phenoxy) is 2. The van der Waals surface area contributed by atoms with Crippen LogP contribution >= 0.6 is 0 Å². The maximum atomic E-state index is 12.4. The van der Waals surface area contributed by atoms with Crippen LogP contribution in [-0.2, 0) is 0 Å². The zero-order chi connectivity index (χ0) is 17.4. The number of carbonyl (C=O) groups is 1. The smallest absolute Gasteiger partial charge is 0.387 e. The molecule has 0 atom stereocenters. The summed E-state index contributed by atoms with van der Waals surface area (Å²) in [5.74, 6) is 0.0446. The minimum Gasteiger partial charge on any atom is -0.493 e. The molecule has 2 N–H and O–H groups in total. The van der Waals surface area contributed by atoms with Gasteiger partial charge in [-0.1, -0.05) is 11.6 Å². The van der Waals surface area contributed by atoms with Gasteiger partial charge >= 0.3 is 12.6 Å². The molecule has 0 heterocycles. The van der Waals surface area contributed by atoms with E-state index in [1.807, 2.05) is 0 Å². The van der Waals surface area contributed by atoms with E-state index in [2.05, 4.69) is 21.4 Å². The lowest BCUT2D eigenvalue weighted by atomic mass is 9.97. The highest BCUT2D eigenvalue weighted by molar-refractivity contribution is 5.89. The number of rotatable bonds is 7.